The maximum atomic E-state index is 10.4. The van der Waals surface area contributed by atoms with Gasteiger partial charge in [0.1, 0.15) is 0 Å². The summed E-state index contributed by atoms with van der Waals surface area (Å²) in [6.45, 7) is 3.66. The molecule has 0 saturated heterocycles. The van der Waals surface area contributed by atoms with Gasteiger partial charge >= 0.3 is 5.97 Å². The molecule has 0 atom stereocenters. The van der Waals surface area contributed by atoms with E-state index in [0.717, 1.165) is 13.1 Å². The van der Waals surface area contributed by atoms with Crippen LogP contribution in [0.2, 0.25) is 0 Å². The van der Waals surface area contributed by atoms with Crippen LogP contribution in [0.5, 0.6) is 0 Å². The Hall–Kier alpha value is -1.91. The van der Waals surface area contributed by atoms with Crippen molar-refractivity contribution in [2.75, 3.05) is 13.1 Å². The van der Waals surface area contributed by atoms with Gasteiger partial charge in [0, 0.05) is 12.7 Å². The first-order valence-electron chi connectivity index (χ1n) is 4.58. The molecule has 80 valence electrons. The highest BCUT2D eigenvalue weighted by atomic mass is 16.4. The lowest BCUT2D eigenvalue weighted by Crippen LogP contribution is -2.04. The van der Waals surface area contributed by atoms with Gasteiger partial charge in [-0.15, -0.1) is 0 Å². The first-order valence-corrected chi connectivity index (χ1v) is 4.58. The molecule has 0 aliphatic carbocycles. The fourth-order valence-electron chi connectivity index (χ4n) is 1.03. The lowest BCUT2D eigenvalue weighted by Gasteiger charge is -1.95. The third-order valence-corrected chi connectivity index (χ3v) is 1.81. The van der Waals surface area contributed by atoms with Crippen LogP contribution in [-0.2, 0) is 0 Å². The first kappa shape index (κ1) is 11.2. The van der Waals surface area contributed by atoms with E-state index < -0.39 is 5.97 Å². The van der Waals surface area contributed by atoms with Crippen molar-refractivity contribution in [1.29, 1.82) is 0 Å². The molecule has 0 radical (unpaired) electrons. The van der Waals surface area contributed by atoms with Crippen LogP contribution in [0.1, 0.15) is 16.1 Å². The van der Waals surface area contributed by atoms with Crippen molar-refractivity contribution in [3.05, 3.63) is 29.6 Å². The van der Waals surface area contributed by atoms with Crippen LogP contribution in [-0.4, -0.2) is 35.5 Å². The van der Waals surface area contributed by atoms with Gasteiger partial charge in [-0.2, -0.15) is 0 Å². The lowest BCUT2D eigenvalue weighted by molar-refractivity contribution is 0.0695. The van der Waals surface area contributed by atoms with E-state index in [2.05, 4.69) is 15.3 Å². The summed E-state index contributed by atoms with van der Waals surface area (Å²) in [5, 5.41) is 11.5. The Kier molecular flexibility index (Phi) is 4.28. The van der Waals surface area contributed by atoms with Crippen LogP contribution >= 0.6 is 0 Å². The highest BCUT2D eigenvalue weighted by Gasteiger charge is 2.04. The zero-order valence-electron chi connectivity index (χ0n) is 8.47. The summed E-state index contributed by atoms with van der Waals surface area (Å²) in [6.07, 6.45) is 3.31. The van der Waals surface area contributed by atoms with Crippen LogP contribution in [0.3, 0.4) is 0 Å². The van der Waals surface area contributed by atoms with Crippen molar-refractivity contribution in [3.8, 4) is 0 Å². The van der Waals surface area contributed by atoms with E-state index in [4.69, 9.17) is 5.11 Å². The maximum absolute atomic E-state index is 10.4. The maximum Gasteiger partial charge on any atom is 0.337 e. The van der Waals surface area contributed by atoms with Gasteiger partial charge in [0.25, 0.3) is 0 Å². The number of nitrogens with one attached hydrogen (secondary N) is 1. The number of hydrogen-bond acceptors (Lipinski definition) is 4. The number of aromatic nitrogens is 1. The zero-order valence-corrected chi connectivity index (χ0v) is 8.47. The molecular weight excluding hydrogens is 194 g/mol. The Labute approximate surface area is 87.9 Å². The minimum atomic E-state index is -0.925. The molecule has 0 amide bonds. The molecule has 1 aliphatic heterocycles. The Morgan fingerprint density at radius 3 is 2.73 bits per heavy atom. The Balaban J connectivity index is 0.000000187. The van der Waals surface area contributed by atoms with Crippen LogP contribution in [0.4, 0.5) is 0 Å². The standard InChI is InChI=1S/C7H7NO2.C3H6N2/c1-5-6(7(9)10)3-2-4-8-5;1-2-5-3-4-1/h2-4H,1H3,(H,9,10);3H,1-2H2,(H,4,5). The van der Waals surface area contributed by atoms with E-state index in [-0.39, 0.29) is 5.56 Å². The molecule has 1 aliphatic rings. The fourth-order valence-corrected chi connectivity index (χ4v) is 1.03. The second kappa shape index (κ2) is 5.74. The van der Waals surface area contributed by atoms with E-state index in [1.165, 1.54) is 6.07 Å². The van der Waals surface area contributed by atoms with Crippen molar-refractivity contribution in [1.82, 2.24) is 10.3 Å². The summed E-state index contributed by atoms with van der Waals surface area (Å²) in [5.74, 6) is -0.925. The SMILES string of the molecule is C1=NCCN1.Cc1ncccc1C(=O)O. The van der Waals surface area contributed by atoms with E-state index in [1.807, 2.05) is 0 Å². The summed E-state index contributed by atoms with van der Waals surface area (Å²) in [7, 11) is 0. The number of pyridine rings is 1. The van der Waals surface area contributed by atoms with Crippen molar-refractivity contribution in [3.63, 3.8) is 0 Å². The molecule has 0 fully saturated rings. The molecule has 2 N–H and O–H groups in total. The molecular formula is C10H13N3O2. The smallest absolute Gasteiger partial charge is 0.337 e. The average molecular weight is 207 g/mol. The van der Waals surface area contributed by atoms with Crippen LogP contribution < -0.4 is 5.32 Å². The topological polar surface area (TPSA) is 74.6 Å². The first-order chi connectivity index (χ1) is 7.22. The quantitative estimate of drug-likeness (QED) is 0.711. The third-order valence-electron chi connectivity index (χ3n) is 1.81. The van der Waals surface area contributed by atoms with E-state index in [9.17, 15) is 4.79 Å². The third kappa shape index (κ3) is 3.76. The molecule has 1 aromatic heterocycles. The number of rotatable bonds is 1. The molecule has 0 bridgehead atoms. The summed E-state index contributed by atoms with van der Waals surface area (Å²) in [6, 6.07) is 3.14. The molecule has 15 heavy (non-hydrogen) atoms. The van der Waals surface area contributed by atoms with Gasteiger partial charge in [-0.05, 0) is 19.1 Å². The Morgan fingerprint density at radius 2 is 2.40 bits per heavy atom. The van der Waals surface area contributed by atoms with Gasteiger partial charge in [-0.3, -0.25) is 9.98 Å². The summed E-state index contributed by atoms with van der Waals surface area (Å²) >= 11 is 0. The number of carboxylic acids is 1. The van der Waals surface area contributed by atoms with Crippen molar-refractivity contribution in [2.45, 2.75) is 6.92 Å². The molecule has 1 aromatic rings. The minimum Gasteiger partial charge on any atom is -0.478 e. The summed E-state index contributed by atoms with van der Waals surface area (Å²) in [5.41, 5.74) is 0.817. The van der Waals surface area contributed by atoms with Gasteiger partial charge < -0.3 is 10.4 Å². The summed E-state index contributed by atoms with van der Waals surface area (Å²) in [4.78, 5) is 18.0. The summed E-state index contributed by atoms with van der Waals surface area (Å²) < 4.78 is 0. The molecule has 0 saturated carbocycles. The molecule has 0 aromatic carbocycles. The normalized spacial score (nSPS) is 12.6. The van der Waals surface area contributed by atoms with Crippen molar-refractivity contribution < 1.29 is 9.90 Å². The van der Waals surface area contributed by atoms with Crippen LogP contribution in [0, 0.1) is 6.92 Å². The van der Waals surface area contributed by atoms with E-state index in [0.29, 0.717) is 5.69 Å². The molecule has 0 spiro atoms. The predicted molar refractivity (Wildman–Crippen MR) is 57.3 cm³/mol. The highest BCUT2D eigenvalue weighted by Crippen LogP contribution is 2.01. The number of hydrogen-bond donors (Lipinski definition) is 2. The average Bonchev–Trinajstić information content (AvgIpc) is 2.75. The molecule has 2 rings (SSSR count). The largest absolute Gasteiger partial charge is 0.478 e. The van der Waals surface area contributed by atoms with Crippen LogP contribution in [0.25, 0.3) is 0 Å². The van der Waals surface area contributed by atoms with Gasteiger partial charge in [-0.25, -0.2) is 4.79 Å². The van der Waals surface area contributed by atoms with Gasteiger partial charge in [-0.1, -0.05) is 0 Å². The molecule has 2 heterocycles. The Morgan fingerprint density at radius 1 is 1.60 bits per heavy atom. The molecule has 5 heteroatoms. The molecule has 0 unspecified atom stereocenters. The monoisotopic (exact) mass is 207 g/mol. The molecule has 5 nitrogen and oxygen atoms in total. The van der Waals surface area contributed by atoms with Gasteiger partial charge in [0.2, 0.25) is 0 Å². The lowest BCUT2D eigenvalue weighted by atomic mass is 10.2. The number of nitrogens with zero attached hydrogens (tertiary/aromatic N) is 2. The second-order valence-corrected chi connectivity index (χ2v) is 2.93. The van der Waals surface area contributed by atoms with Gasteiger partial charge in [0.05, 0.1) is 24.1 Å². The predicted octanol–water partition coefficient (Wildman–Crippen LogP) is 0.706. The van der Waals surface area contributed by atoms with Crippen molar-refractivity contribution in [2.24, 2.45) is 4.99 Å². The number of carboxylic acid groups (broad SMARTS) is 1. The number of carbonyl (C=O) groups is 1. The number of aryl methyl sites for hydroxylation is 1. The number of aromatic carboxylic acids is 1. The van der Waals surface area contributed by atoms with Crippen molar-refractivity contribution >= 4 is 12.3 Å². The Bertz CT molecular complexity index is 357. The zero-order chi connectivity index (χ0) is 11.1. The highest BCUT2D eigenvalue weighted by molar-refractivity contribution is 5.88. The number of aliphatic imine (C=N–C) groups is 1. The van der Waals surface area contributed by atoms with E-state index >= 15 is 0 Å². The van der Waals surface area contributed by atoms with Crippen LogP contribution in [0.15, 0.2) is 23.3 Å². The van der Waals surface area contributed by atoms with E-state index in [1.54, 1.807) is 25.5 Å². The second-order valence-electron chi connectivity index (χ2n) is 2.93. The van der Waals surface area contributed by atoms with Gasteiger partial charge in [0.15, 0.2) is 0 Å². The fraction of sp³-hybridized carbons (Fsp3) is 0.300. The minimum absolute atomic E-state index is 0.266.